The van der Waals surface area contributed by atoms with E-state index < -0.39 is 0 Å². The highest BCUT2D eigenvalue weighted by molar-refractivity contribution is 5.94. The van der Waals surface area contributed by atoms with E-state index in [0.717, 1.165) is 5.56 Å². The molecular formula is C22H22FN3O. The van der Waals surface area contributed by atoms with Crippen LogP contribution in [0.15, 0.2) is 72.9 Å². The van der Waals surface area contributed by atoms with E-state index in [-0.39, 0.29) is 17.8 Å². The topological polar surface area (TPSA) is 54.0 Å². The fourth-order valence-corrected chi connectivity index (χ4v) is 2.73. The first-order chi connectivity index (χ1) is 13.1. The summed E-state index contributed by atoms with van der Waals surface area (Å²) in [5, 5.41) is 6.18. The second-order valence-corrected chi connectivity index (χ2v) is 6.34. The molecule has 0 radical (unpaired) electrons. The number of nitrogens with one attached hydrogen (secondary N) is 2. The first kappa shape index (κ1) is 18.6. The van der Waals surface area contributed by atoms with Crippen LogP contribution in [0, 0.1) is 5.82 Å². The smallest absolute Gasteiger partial charge is 0.252 e. The molecule has 0 bridgehead atoms. The monoisotopic (exact) mass is 363 g/mol. The highest BCUT2D eigenvalue weighted by atomic mass is 19.1. The van der Waals surface area contributed by atoms with E-state index in [0.29, 0.717) is 24.3 Å². The van der Waals surface area contributed by atoms with Crippen molar-refractivity contribution in [1.82, 2.24) is 10.3 Å². The van der Waals surface area contributed by atoms with Crippen LogP contribution in [0.25, 0.3) is 0 Å². The van der Waals surface area contributed by atoms with Gasteiger partial charge in [-0.05, 0) is 48.7 Å². The number of hydrogen-bond acceptors (Lipinski definition) is 3. The van der Waals surface area contributed by atoms with E-state index in [4.69, 9.17) is 0 Å². The van der Waals surface area contributed by atoms with Gasteiger partial charge in [0, 0.05) is 18.8 Å². The number of hydrogen-bond donors (Lipinski definition) is 2. The van der Waals surface area contributed by atoms with Crippen LogP contribution in [-0.4, -0.2) is 17.4 Å². The van der Waals surface area contributed by atoms with Crippen molar-refractivity contribution in [2.24, 2.45) is 0 Å². The number of carbonyl (C=O) groups is 1. The SMILES string of the molecule is CC(Nc1ccc(C(=O)NCCc2ccc(F)cc2)cn1)c1ccccc1. The minimum Gasteiger partial charge on any atom is -0.364 e. The number of pyridine rings is 1. The van der Waals surface area contributed by atoms with Gasteiger partial charge in [-0.25, -0.2) is 9.37 Å². The lowest BCUT2D eigenvalue weighted by Crippen LogP contribution is -2.25. The van der Waals surface area contributed by atoms with Crippen LogP contribution in [0.5, 0.6) is 0 Å². The van der Waals surface area contributed by atoms with Gasteiger partial charge in [0.25, 0.3) is 5.91 Å². The van der Waals surface area contributed by atoms with Crippen LogP contribution in [0.3, 0.4) is 0 Å². The summed E-state index contributed by atoms with van der Waals surface area (Å²) in [5.41, 5.74) is 2.65. The fraction of sp³-hybridized carbons (Fsp3) is 0.182. The van der Waals surface area contributed by atoms with Crippen molar-refractivity contribution >= 4 is 11.7 Å². The predicted octanol–water partition coefficient (Wildman–Crippen LogP) is 4.37. The van der Waals surface area contributed by atoms with Crippen molar-refractivity contribution < 1.29 is 9.18 Å². The molecule has 1 heterocycles. The Bertz CT molecular complexity index is 864. The molecule has 1 unspecified atom stereocenters. The highest BCUT2D eigenvalue weighted by Gasteiger charge is 2.08. The van der Waals surface area contributed by atoms with E-state index in [1.807, 2.05) is 18.2 Å². The average Bonchev–Trinajstić information content (AvgIpc) is 2.70. The van der Waals surface area contributed by atoms with Gasteiger partial charge in [0.05, 0.1) is 5.56 Å². The zero-order valence-electron chi connectivity index (χ0n) is 15.2. The highest BCUT2D eigenvalue weighted by Crippen LogP contribution is 2.17. The molecule has 0 aliphatic heterocycles. The molecule has 3 aromatic rings. The molecule has 0 spiro atoms. The molecule has 5 heteroatoms. The Morgan fingerprint density at radius 1 is 1.04 bits per heavy atom. The lowest BCUT2D eigenvalue weighted by Gasteiger charge is -2.15. The van der Waals surface area contributed by atoms with E-state index in [9.17, 15) is 9.18 Å². The Kier molecular flexibility index (Phi) is 6.15. The van der Waals surface area contributed by atoms with Crippen molar-refractivity contribution in [3.05, 3.63) is 95.4 Å². The summed E-state index contributed by atoms with van der Waals surface area (Å²) < 4.78 is 12.9. The summed E-state index contributed by atoms with van der Waals surface area (Å²) >= 11 is 0. The minimum absolute atomic E-state index is 0.120. The van der Waals surface area contributed by atoms with E-state index in [2.05, 4.69) is 34.7 Å². The molecule has 2 N–H and O–H groups in total. The number of amides is 1. The summed E-state index contributed by atoms with van der Waals surface area (Å²) in [6.45, 7) is 2.54. The van der Waals surface area contributed by atoms with E-state index >= 15 is 0 Å². The molecule has 0 saturated heterocycles. The van der Waals surface area contributed by atoms with Crippen LogP contribution in [-0.2, 0) is 6.42 Å². The molecule has 2 aromatic carbocycles. The largest absolute Gasteiger partial charge is 0.364 e. The van der Waals surface area contributed by atoms with Crippen LogP contribution < -0.4 is 10.6 Å². The maximum absolute atomic E-state index is 12.9. The van der Waals surface area contributed by atoms with Crippen LogP contribution in [0.4, 0.5) is 10.2 Å². The van der Waals surface area contributed by atoms with Gasteiger partial charge < -0.3 is 10.6 Å². The predicted molar refractivity (Wildman–Crippen MR) is 105 cm³/mol. The van der Waals surface area contributed by atoms with Gasteiger partial charge in [-0.1, -0.05) is 42.5 Å². The summed E-state index contributed by atoms with van der Waals surface area (Å²) in [7, 11) is 0. The lowest BCUT2D eigenvalue weighted by molar-refractivity contribution is 0.0954. The number of rotatable bonds is 7. The first-order valence-electron chi connectivity index (χ1n) is 8.92. The molecule has 0 aliphatic rings. The maximum Gasteiger partial charge on any atom is 0.252 e. The standard InChI is InChI=1S/C22H22FN3O/c1-16(18-5-3-2-4-6-18)26-21-12-9-19(15-25-21)22(27)24-14-13-17-7-10-20(23)11-8-17/h2-12,15-16H,13-14H2,1H3,(H,24,27)(H,25,26). The third-order valence-electron chi connectivity index (χ3n) is 4.30. The van der Waals surface area contributed by atoms with Gasteiger partial charge >= 0.3 is 0 Å². The molecule has 1 amide bonds. The van der Waals surface area contributed by atoms with E-state index in [1.54, 1.807) is 30.5 Å². The van der Waals surface area contributed by atoms with Gasteiger partial charge in [0.2, 0.25) is 0 Å². The van der Waals surface area contributed by atoms with Gasteiger partial charge in [-0.3, -0.25) is 4.79 Å². The van der Waals surface area contributed by atoms with E-state index in [1.165, 1.54) is 17.7 Å². The molecule has 27 heavy (non-hydrogen) atoms. The van der Waals surface area contributed by atoms with Crippen LogP contribution >= 0.6 is 0 Å². The van der Waals surface area contributed by atoms with Crippen molar-refractivity contribution in [1.29, 1.82) is 0 Å². The van der Waals surface area contributed by atoms with Gasteiger partial charge in [0.15, 0.2) is 0 Å². The Labute approximate surface area is 158 Å². The number of benzene rings is 2. The van der Waals surface area contributed by atoms with Crippen LogP contribution in [0.1, 0.15) is 34.5 Å². The van der Waals surface area contributed by atoms with Gasteiger partial charge in [-0.2, -0.15) is 0 Å². The number of halogens is 1. The number of anilines is 1. The Morgan fingerprint density at radius 3 is 2.44 bits per heavy atom. The third-order valence-corrected chi connectivity index (χ3v) is 4.30. The molecule has 3 rings (SSSR count). The summed E-state index contributed by atoms with van der Waals surface area (Å²) in [5.74, 6) is 0.283. The second kappa shape index (κ2) is 8.94. The average molecular weight is 363 g/mol. The number of nitrogens with zero attached hydrogens (tertiary/aromatic N) is 1. The van der Waals surface area contributed by atoms with Gasteiger partial charge in [0.1, 0.15) is 11.6 Å². The minimum atomic E-state index is -0.260. The summed E-state index contributed by atoms with van der Waals surface area (Å²) in [6.07, 6.45) is 2.21. The Hall–Kier alpha value is -3.21. The molecule has 0 aliphatic carbocycles. The number of aromatic nitrogens is 1. The number of carbonyl (C=O) groups excluding carboxylic acids is 1. The fourth-order valence-electron chi connectivity index (χ4n) is 2.73. The summed E-state index contributed by atoms with van der Waals surface area (Å²) in [4.78, 5) is 16.5. The van der Waals surface area contributed by atoms with Crippen molar-refractivity contribution in [2.45, 2.75) is 19.4 Å². The van der Waals surface area contributed by atoms with Crippen LogP contribution in [0.2, 0.25) is 0 Å². The quantitative estimate of drug-likeness (QED) is 0.655. The molecule has 1 aromatic heterocycles. The normalized spacial score (nSPS) is 11.6. The second-order valence-electron chi connectivity index (χ2n) is 6.34. The van der Waals surface area contributed by atoms with Crippen molar-refractivity contribution in [3.8, 4) is 0 Å². The zero-order chi connectivity index (χ0) is 19.1. The van der Waals surface area contributed by atoms with Gasteiger partial charge in [-0.15, -0.1) is 0 Å². The third kappa shape index (κ3) is 5.38. The lowest BCUT2D eigenvalue weighted by atomic mass is 10.1. The summed E-state index contributed by atoms with van der Waals surface area (Å²) in [6, 6.07) is 20.0. The first-order valence-corrected chi connectivity index (χ1v) is 8.92. The Morgan fingerprint density at radius 2 is 1.78 bits per heavy atom. The molecular weight excluding hydrogens is 341 g/mol. The molecule has 138 valence electrons. The van der Waals surface area contributed by atoms with Crippen molar-refractivity contribution in [2.75, 3.05) is 11.9 Å². The zero-order valence-corrected chi connectivity index (χ0v) is 15.2. The maximum atomic E-state index is 12.9. The molecule has 1 atom stereocenters. The van der Waals surface area contributed by atoms with Crippen molar-refractivity contribution in [3.63, 3.8) is 0 Å². The molecule has 0 fully saturated rings. The Balaban J connectivity index is 1.50. The molecule has 0 saturated carbocycles. The molecule has 4 nitrogen and oxygen atoms in total.